The van der Waals surface area contributed by atoms with Gasteiger partial charge in [-0.05, 0) is 18.2 Å². The highest BCUT2D eigenvalue weighted by atomic mass is 35.5. The van der Waals surface area contributed by atoms with Crippen molar-refractivity contribution in [3.05, 3.63) is 52.9 Å². The summed E-state index contributed by atoms with van der Waals surface area (Å²) in [6, 6.07) is 7.74. The summed E-state index contributed by atoms with van der Waals surface area (Å²) in [6.07, 6.45) is 3.47. The van der Waals surface area contributed by atoms with Crippen molar-refractivity contribution < 1.29 is 9.53 Å². The van der Waals surface area contributed by atoms with Gasteiger partial charge >= 0.3 is 0 Å². The quantitative estimate of drug-likeness (QED) is 0.780. The number of ether oxygens (including phenoxy) is 1. The molecule has 0 atom stereocenters. The molecule has 8 heteroatoms. The molecule has 2 aromatic rings. The second kappa shape index (κ2) is 8.86. The lowest BCUT2D eigenvalue weighted by Gasteiger charge is -2.35. The number of amides is 1. The Balaban J connectivity index is 1.36. The zero-order chi connectivity index (χ0) is 19.3. The maximum Gasteiger partial charge on any atom is 0.255 e. The Hall–Kier alpha value is -2.22. The summed E-state index contributed by atoms with van der Waals surface area (Å²) in [4.78, 5) is 27.9. The summed E-state index contributed by atoms with van der Waals surface area (Å²) in [5, 5.41) is 0.525. The Bertz CT molecular complexity index is 805. The van der Waals surface area contributed by atoms with Crippen LogP contribution in [0.15, 0.2) is 36.7 Å². The minimum Gasteiger partial charge on any atom is -0.378 e. The fraction of sp³-hybridized carbons (Fsp3) is 0.450. The van der Waals surface area contributed by atoms with E-state index in [1.54, 1.807) is 17.2 Å². The highest BCUT2D eigenvalue weighted by Gasteiger charge is 2.23. The number of pyridine rings is 2. The Morgan fingerprint density at radius 2 is 1.86 bits per heavy atom. The molecule has 0 spiro atoms. The molecule has 4 heterocycles. The van der Waals surface area contributed by atoms with Gasteiger partial charge < -0.3 is 14.5 Å². The van der Waals surface area contributed by atoms with Crippen LogP contribution in [0.4, 0.5) is 5.82 Å². The molecule has 0 aromatic carbocycles. The van der Waals surface area contributed by atoms with Crippen LogP contribution in [0.3, 0.4) is 0 Å². The topological polar surface area (TPSA) is 61.8 Å². The van der Waals surface area contributed by atoms with E-state index in [0.717, 1.165) is 44.2 Å². The summed E-state index contributed by atoms with van der Waals surface area (Å²) in [5.41, 5.74) is 1.61. The monoisotopic (exact) mass is 401 g/mol. The van der Waals surface area contributed by atoms with Gasteiger partial charge in [0.05, 0.1) is 29.5 Å². The summed E-state index contributed by atoms with van der Waals surface area (Å²) >= 11 is 6.49. The highest BCUT2D eigenvalue weighted by molar-refractivity contribution is 6.33. The molecule has 0 radical (unpaired) electrons. The SMILES string of the molecule is O=C(c1cnc(N2CCN(Cc3ccccn3)CC2)c(Cl)c1)N1CCOCC1. The molecule has 0 aliphatic carbocycles. The molecule has 2 fully saturated rings. The molecule has 148 valence electrons. The predicted octanol–water partition coefficient (Wildman–Crippen LogP) is 1.92. The number of aromatic nitrogens is 2. The molecule has 2 aliphatic rings. The van der Waals surface area contributed by atoms with Crippen molar-refractivity contribution in [1.82, 2.24) is 19.8 Å². The number of hydrogen-bond donors (Lipinski definition) is 0. The zero-order valence-corrected chi connectivity index (χ0v) is 16.5. The smallest absolute Gasteiger partial charge is 0.255 e. The van der Waals surface area contributed by atoms with Gasteiger partial charge in [-0.1, -0.05) is 17.7 Å². The molecule has 7 nitrogen and oxygen atoms in total. The predicted molar refractivity (Wildman–Crippen MR) is 108 cm³/mol. The van der Waals surface area contributed by atoms with Crippen LogP contribution in [-0.2, 0) is 11.3 Å². The van der Waals surface area contributed by atoms with Gasteiger partial charge in [-0.3, -0.25) is 14.7 Å². The number of halogens is 1. The van der Waals surface area contributed by atoms with E-state index in [0.29, 0.717) is 36.9 Å². The van der Waals surface area contributed by atoms with Crippen LogP contribution in [-0.4, -0.2) is 78.2 Å². The third-order valence-corrected chi connectivity index (χ3v) is 5.43. The first-order valence-electron chi connectivity index (χ1n) is 9.60. The van der Waals surface area contributed by atoms with Gasteiger partial charge in [0.1, 0.15) is 5.82 Å². The second-order valence-corrected chi connectivity index (χ2v) is 7.43. The average Bonchev–Trinajstić information content (AvgIpc) is 2.75. The molecule has 0 unspecified atom stereocenters. The molecule has 0 N–H and O–H groups in total. The Kier molecular flexibility index (Phi) is 6.04. The molecule has 4 rings (SSSR count). The number of carbonyl (C=O) groups excluding carboxylic acids is 1. The van der Waals surface area contributed by atoms with Crippen LogP contribution in [0.25, 0.3) is 0 Å². The van der Waals surface area contributed by atoms with E-state index < -0.39 is 0 Å². The molecule has 0 saturated carbocycles. The van der Waals surface area contributed by atoms with Crippen LogP contribution in [0.1, 0.15) is 16.1 Å². The fourth-order valence-electron chi connectivity index (χ4n) is 3.57. The molecule has 0 bridgehead atoms. The molecule has 2 saturated heterocycles. The number of hydrogen-bond acceptors (Lipinski definition) is 6. The van der Waals surface area contributed by atoms with Crippen molar-refractivity contribution >= 4 is 23.3 Å². The number of carbonyl (C=O) groups is 1. The average molecular weight is 402 g/mol. The third-order valence-electron chi connectivity index (χ3n) is 5.15. The molecular weight excluding hydrogens is 378 g/mol. The zero-order valence-electron chi connectivity index (χ0n) is 15.8. The maximum atomic E-state index is 12.6. The van der Waals surface area contributed by atoms with E-state index in [4.69, 9.17) is 16.3 Å². The lowest BCUT2D eigenvalue weighted by Crippen LogP contribution is -2.46. The lowest BCUT2D eigenvalue weighted by atomic mass is 10.2. The van der Waals surface area contributed by atoms with Crippen molar-refractivity contribution in [2.24, 2.45) is 0 Å². The fourth-order valence-corrected chi connectivity index (χ4v) is 3.85. The van der Waals surface area contributed by atoms with Crippen molar-refractivity contribution in [3.8, 4) is 0 Å². The van der Waals surface area contributed by atoms with Crippen LogP contribution < -0.4 is 4.90 Å². The van der Waals surface area contributed by atoms with E-state index in [-0.39, 0.29) is 5.91 Å². The van der Waals surface area contributed by atoms with Gasteiger partial charge in [-0.25, -0.2) is 4.98 Å². The Morgan fingerprint density at radius 1 is 1.07 bits per heavy atom. The summed E-state index contributed by atoms with van der Waals surface area (Å²) in [7, 11) is 0. The summed E-state index contributed by atoms with van der Waals surface area (Å²) < 4.78 is 5.30. The van der Waals surface area contributed by atoms with E-state index in [1.165, 1.54) is 0 Å². The van der Waals surface area contributed by atoms with Crippen molar-refractivity contribution in [3.63, 3.8) is 0 Å². The van der Waals surface area contributed by atoms with Crippen LogP contribution in [0, 0.1) is 0 Å². The maximum absolute atomic E-state index is 12.6. The van der Waals surface area contributed by atoms with Crippen LogP contribution in [0.5, 0.6) is 0 Å². The minimum absolute atomic E-state index is 0.0376. The molecule has 2 aliphatic heterocycles. The molecule has 28 heavy (non-hydrogen) atoms. The van der Waals surface area contributed by atoms with Crippen molar-refractivity contribution in [2.75, 3.05) is 57.4 Å². The number of morpholine rings is 1. The number of piperazine rings is 1. The van der Waals surface area contributed by atoms with E-state index in [9.17, 15) is 4.79 Å². The van der Waals surface area contributed by atoms with Gasteiger partial charge in [0, 0.05) is 58.2 Å². The molecule has 1 amide bonds. The standard InChI is InChI=1S/C20H24ClN5O2/c21-18-13-16(20(27)26-9-11-28-12-10-26)14-23-19(18)25-7-5-24(6-8-25)15-17-3-1-2-4-22-17/h1-4,13-14H,5-12,15H2. The Labute approximate surface area is 169 Å². The van der Waals surface area contributed by atoms with Gasteiger partial charge in [-0.15, -0.1) is 0 Å². The van der Waals surface area contributed by atoms with Gasteiger partial charge in [0.2, 0.25) is 0 Å². The number of anilines is 1. The van der Waals surface area contributed by atoms with Gasteiger partial charge in [-0.2, -0.15) is 0 Å². The normalized spacial score (nSPS) is 18.3. The lowest BCUT2D eigenvalue weighted by molar-refractivity contribution is 0.0302. The van der Waals surface area contributed by atoms with E-state index >= 15 is 0 Å². The first kappa shape index (κ1) is 19.1. The number of nitrogens with zero attached hydrogens (tertiary/aromatic N) is 5. The first-order valence-corrected chi connectivity index (χ1v) is 9.98. The minimum atomic E-state index is -0.0376. The number of rotatable bonds is 4. The molecule has 2 aromatic heterocycles. The van der Waals surface area contributed by atoms with Gasteiger partial charge in [0.25, 0.3) is 5.91 Å². The van der Waals surface area contributed by atoms with Crippen LogP contribution in [0.2, 0.25) is 5.02 Å². The Morgan fingerprint density at radius 3 is 2.54 bits per heavy atom. The summed E-state index contributed by atoms with van der Waals surface area (Å²) in [6.45, 7) is 6.75. The largest absolute Gasteiger partial charge is 0.378 e. The van der Waals surface area contributed by atoms with Crippen molar-refractivity contribution in [1.29, 1.82) is 0 Å². The highest BCUT2D eigenvalue weighted by Crippen LogP contribution is 2.26. The second-order valence-electron chi connectivity index (χ2n) is 7.02. The third kappa shape index (κ3) is 4.43. The van der Waals surface area contributed by atoms with E-state index in [2.05, 4.69) is 25.8 Å². The van der Waals surface area contributed by atoms with Crippen LogP contribution >= 0.6 is 11.6 Å². The first-order chi connectivity index (χ1) is 13.7. The molecular formula is C20H24ClN5O2. The van der Waals surface area contributed by atoms with Gasteiger partial charge in [0.15, 0.2) is 0 Å². The van der Waals surface area contributed by atoms with Crippen molar-refractivity contribution in [2.45, 2.75) is 6.54 Å². The summed E-state index contributed by atoms with van der Waals surface area (Å²) in [5.74, 6) is 0.710. The van der Waals surface area contributed by atoms with E-state index in [1.807, 2.05) is 18.3 Å².